The van der Waals surface area contributed by atoms with Crippen LogP contribution in [-0.4, -0.2) is 27.7 Å². The Balaban J connectivity index is 1.62. The van der Waals surface area contributed by atoms with Crippen LogP contribution in [0.3, 0.4) is 0 Å². The molecule has 0 amide bonds. The predicted molar refractivity (Wildman–Crippen MR) is 111 cm³/mol. The smallest absolute Gasteiger partial charge is 0.371 e. The third kappa shape index (κ3) is 5.06. The van der Waals surface area contributed by atoms with Gasteiger partial charge in [0, 0.05) is 17.7 Å². The molecule has 0 bridgehead atoms. The van der Waals surface area contributed by atoms with E-state index in [1.165, 1.54) is 17.2 Å². The molecule has 0 radical (unpaired) electrons. The van der Waals surface area contributed by atoms with Gasteiger partial charge in [-0.05, 0) is 56.7 Å². The molecule has 2 N–H and O–H groups in total. The number of hydrogen-bond donors (Lipinski definition) is 2. The summed E-state index contributed by atoms with van der Waals surface area (Å²) in [7, 11) is 0. The van der Waals surface area contributed by atoms with E-state index in [0.29, 0.717) is 18.6 Å². The highest BCUT2D eigenvalue weighted by atomic mass is 35.5. The summed E-state index contributed by atoms with van der Waals surface area (Å²) >= 11 is 6.53. The summed E-state index contributed by atoms with van der Waals surface area (Å²) in [5, 5.41) is 19.4. The first-order valence-electron chi connectivity index (χ1n) is 9.74. The molecule has 1 aromatic carbocycles. The van der Waals surface area contributed by atoms with Crippen molar-refractivity contribution >= 4 is 23.6 Å². The van der Waals surface area contributed by atoms with Crippen molar-refractivity contribution in [2.45, 2.75) is 51.0 Å². The van der Waals surface area contributed by atoms with Crippen LogP contribution in [0.25, 0.3) is 6.08 Å². The average Bonchev–Trinajstić information content (AvgIpc) is 3.18. The lowest BCUT2D eigenvalue weighted by Gasteiger charge is -2.20. The molecule has 0 saturated heterocycles. The van der Waals surface area contributed by atoms with E-state index in [1.807, 2.05) is 0 Å². The Morgan fingerprint density at radius 2 is 1.96 bits per heavy atom. The zero-order valence-electron chi connectivity index (χ0n) is 16.3. The van der Waals surface area contributed by atoms with E-state index < -0.39 is 12.1 Å². The van der Waals surface area contributed by atoms with Gasteiger partial charge in [0.25, 0.3) is 0 Å². The van der Waals surface area contributed by atoms with Crippen molar-refractivity contribution in [3.8, 4) is 0 Å². The number of aryl methyl sites for hydroxylation is 3. The zero-order valence-corrected chi connectivity index (χ0v) is 17.0. The molecule has 1 aromatic heterocycles. The molecule has 0 unspecified atom stereocenters. The highest BCUT2D eigenvalue weighted by Crippen LogP contribution is 2.40. The minimum absolute atomic E-state index is 0.0227. The quantitative estimate of drug-likeness (QED) is 0.621. The molecule has 2 aromatic rings. The lowest BCUT2D eigenvalue weighted by atomic mass is 9.89. The Bertz CT molecular complexity index is 834. The highest BCUT2D eigenvalue weighted by molar-refractivity contribution is 6.21. The number of rotatable bonds is 7. The Morgan fingerprint density at radius 1 is 1.25 bits per heavy atom. The number of alkyl halides is 1. The van der Waals surface area contributed by atoms with E-state index in [9.17, 15) is 9.90 Å². The highest BCUT2D eigenvalue weighted by Gasteiger charge is 2.39. The lowest BCUT2D eigenvalue weighted by molar-refractivity contribution is 0.0660. The van der Waals surface area contributed by atoms with Gasteiger partial charge in [-0.2, -0.15) is 0 Å². The van der Waals surface area contributed by atoms with Gasteiger partial charge in [0.1, 0.15) is 5.76 Å². The van der Waals surface area contributed by atoms with Crippen molar-refractivity contribution < 1.29 is 19.4 Å². The summed E-state index contributed by atoms with van der Waals surface area (Å²) in [6.07, 6.45) is 6.70. The Morgan fingerprint density at radius 3 is 2.61 bits per heavy atom. The summed E-state index contributed by atoms with van der Waals surface area (Å²) in [4.78, 5) is 10.9. The van der Waals surface area contributed by atoms with Crippen LogP contribution >= 0.6 is 11.6 Å². The molecular weight excluding hydrogens is 376 g/mol. The van der Waals surface area contributed by atoms with E-state index in [1.54, 1.807) is 6.07 Å². The van der Waals surface area contributed by atoms with Crippen LogP contribution < -0.4 is 0 Å². The molecule has 1 fully saturated rings. The Hall–Kier alpha value is -2.04. The molecule has 0 spiro atoms. The molecular formula is C23H27ClO4. The van der Waals surface area contributed by atoms with E-state index in [4.69, 9.17) is 21.1 Å². The van der Waals surface area contributed by atoms with Crippen molar-refractivity contribution in [3.63, 3.8) is 0 Å². The van der Waals surface area contributed by atoms with Crippen LogP contribution in [0.2, 0.25) is 0 Å². The fourth-order valence-electron chi connectivity index (χ4n) is 4.20. The molecule has 1 aliphatic carbocycles. The van der Waals surface area contributed by atoms with Crippen LogP contribution in [-0.2, 0) is 6.42 Å². The van der Waals surface area contributed by atoms with Crippen LogP contribution in [0.15, 0.2) is 40.8 Å². The molecule has 5 heteroatoms. The lowest BCUT2D eigenvalue weighted by Crippen LogP contribution is -2.18. The molecule has 1 aliphatic rings. The van der Waals surface area contributed by atoms with Gasteiger partial charge in [0.05, 0.1) is 6.10 Å². The van der Waals surface area contributed by atoms with Gasteiger partial charge in [0.2, 0.25) is 5.76 Å². The number of carbonyl (C=O) groups is 1. The third-order valence-corrected chi connectivity index (χ3v) is 5.96. The number of hydrogen-bond acceptors (Lipinski definition) is 3. The first kappa shape index (κ1) is 20.7. The molecule has 1 saturated carbocycles. The second-order valence-electron chi connectivity index (χ2n) is 7.80. The number of carboxylic acid groups (broad SMARTS) is 1. The number of benzene rings is 1. The molecule has 150 valence electrons. The first-order chi connectivity index (χ1) is 13.3. The van der Waals surface area contributed by atoms with E-state index in [-0.39, 0.29) is 23.0 Å². The zero-order chi connectivity index (χ0) is 20.3. The van der Waals surface area contributed by atoms with Crippen LogP contribution in [0.5, 0.6) is 0 Å². The Labute approximate surface area is 170 Å². The number of aromatic carboxylic acids is 1. The molecule has 3 rings (SSSR count). The summed E-state index contributed by atoms with van der Waals surface area (Å²) in [6, 6.07) is 9.60. The van der Waals surface area contributed by atoms with Crippen molar-refractivity contribution in [3.05, 3.63) is 64.6 Å². The standard InChI is InChI=1S/C23H27ClO4/c1-14-10-15(2)12-16(11-14)6-8-19-18(20(24)13-21(19)25)5-3-4-17-7-9-22(28-17)23(26)27/h6-12,18-21,25H,3-5,13H2,1-2H3,(H,26,27)/b8-6+/t18-,19-,20-,21-/m1/s1. The van der Waals surface area contributed by atoms with Gasteiger partial charge >= 0.3 is 5.97 Å². The fourth-order valence-corrected chi connectivity index (χ4v) is 4.68. The first-order valence-corrected chi connectivity index (χ1v) is 10.2. The van der Waals surface area contributed by atoms with Crippen LogP contribution in [0.4, 0.5) is 0 Å². The Kier molecular flexibility index (Phi) is 6.63. The molecule has 0 aliphatic heterocycles. The van der Waals surface area contributed by atoms with Crippen molar-refractivity contribution in [1.29, 1.82) is 0 Å². The maximum Gasteiger partial charge on any atom is 0.371 e. The maximum atomic E-state index is 10.9. The number of aliphatic hydroxyl groups excluding tert-OH is 1. The summed E-state index contributed by atoms with van der Waals surface area (Å²) in [6.45, 7) is 4.16. The normalized spacial score (nSPS) is 24.9. The minimum Gasteiger partial charge on any atom is -0.475 e. The van der Waals surface area contributed by atoms with Crippen molar-refractivity contribution in [2.75, 3.05) is 0 Å². The van der Waals surface area contributed by atoms with Gasteiger partial charge in [0.15, 0.2) is 0 Å². The summed E-state index contributed by atoms with van der Waals surface area (Å²) in [5.74, 6) is -0.204. The summed E-state index contributed by atoms with van der Waals surface area (Å²) < 4.78 is 5.32. The van der Waals surface area contributed by atoms with Gasteiger partial charge < -0.3 is 14.6 Å². The average molecular weight is 403 g/mol. The van der Waals surface area contributed by atoms with Crippen LogP contribution in [0.1, 0.15) is 52.3 Å². The maximum absolute atomic E-state index is 10.9. The second kappa shape index (κ2) is 8.97. The van der Waals surface area contributed by atoms with Gasteiger partial charge in [-0.15, -0.1) is 11.6 Å². The minimum atomic E-state index is -1.05. The largest absolute Gasteiger partial charge is 0.475 e. The number of carboxylic acids is 1. The van der Waals surface area contributed by atoms with E-state index >= 15 is 0 Å². The van der Waals surface area contributed by atoms with Crippen molar-refractivity contribution in [2.24, 2.45) is 11.8 Å². The monoisotopic (exact) mass is 402 g/mol. The number of furan rings is 1. The summed E-state index contributed by atoms with van der Waals surface area (Å²) in [5.41, 5.74) is 3.58. The van der Waals surface area contributed by atoms with Gasteiger partial charge in [-0.25, -0.2) is 4.79 Å². The van der Waals surface area contributed by atoms with E-state index in [0.717, 1.165) is 18.4 Å². The van der Waals surface area contributed by atoms with Crippen LogP contribution in [0, 0.1) is 25.7 Å². The molecule has 4 nitrogen and oxygen atoms in total. The van der Waals surface area contributed by atoms with Gasteiger partial charge in [-0.1, -0.05) is 41.5 Å². The third-order valence-electron chi connectivity index (χ3n) is 5.46. The van der Waals surface area contributed by atoms with Gasteiger partial charge in [-0.3, -0.25) is 0 Å². The van der Waals surface area contributed by atoms with Crippen molar-refractivity contribution in [1.82, 2.24) is 0 Å². The predicted octanol–water partition coefficient (Wildman–Crippen LogP) is 5.24. The topological polar surface area (TPSA) is 70.7 Å². The fraction of sp³-hybridized carbons (Fsp3) is 0.435. The number of aliphatic hydroxyl groups is 1. The molecule has 1 heterocycles. The molecule has 4 atom stereocenters. The second-order valence-corrected chi connectivity index (χ2v) is 8.36. The number of halogens is 1. The van der Waals surface area contributed by atoms with E-state index in [2.05, 4.69) is 44.2 Å². The SMILES string of the molecule is Cc1cc(C)cc(/C=C/[C@@H]2[C@@H](CCCc3ccc(C(=O)O)o3)[C@H](Cl)C[C@H]2O)c1. The molecule has 28 heavy (non-hydrogen) atoms.